The highest BCUT2D eigenvalue weighted by Crippen LogP contribution is 2.16. The molecule has 110 valence electrons. The van der Waals surface area contributed by atoms with Crippen molar-refractivity contribution in [1.29, 1.82) is 0 Å². The van der Waals surface area contributed by atoms with Crippen molar-refractivity contribution < 1.29 is 4.79 Å². The van der Waals surface area contributed by atoms with E-state index in [0.29, 0.717) is 16.5 Å². The van der Waals surface area contributed by atoms with Crippen molar-refractivity contribution in [1.82, 2.24) is 15.3 Å². The van der Waals surface area contributed by atoms with Crippen LogP contribution in [0.3, 0.4) is 0 Å². The maximum Gasteiger partial charge on any atom is 0.271 e. The first-order valence-corrected chi connectivity index (χ1v) is 7.11. The molecule has 0 aliphatic carbocycles. The van der Waals surface area contributed by atoms with E-state index >= 15 is 0 Å². The van der Waals surface area contributed by atoms with Crippen molar-refractivity contribution in [2.24, 2.45) is 0 Å². The highest BCUT2D eigenvalue weighted by Gasteiger charge is 2.10. The maximum atomic E-state index is 11.9. The van der Waals surface area contributed by atoms with Gasteiger partial charge in [-0.15, -0.1) is 0 Å². The van der Waals surface area contributed by atoms with Crippen molar-refractivity contribution in [3.8, 4) is 0 Å². The van der Waals surface area contributed by atoms with E-state index in [-0.39, 0.29) is 11.9 Å². The number of nitrogens with one attached hydrogen (secondary N) is 2. The van der Waals surface area contributed by atoms with Gasteiger partial charge in [0.15, 0.2) is 0 Å². The number of carbonyl (C=O) groups excluding carboxylic acids is 1. The summed E-state index contributed by atoms with van der Waals surface area (Å²) in [5.74, 6) is 0.354. The Bertz CT molecular complexity index is 598. The van der Waals surface area contributed by atoms with Crippen LogP contribution in [-0.4, -0.2) is 21.9 Å². The minimum atomic E-state index is -0.213. The third-order valence-electron chi connectivity index (χ3n) is 2.99. The zero-order valence-electron chi connectivity index (χ0n) is 11.9. The lowest BCUT2D eigenvalue weighted by Gasteiger charge is -2.11. The summed E-state index contributed by atoms with van der Waals surface area (Å²) in [6.45, 7) is 3.96. The number of halogens is 1. The van der Waals surface area contributed by atoms with E-state index in [9.17, 15) is 4.79 Å². The fourth-order valence-corrected chi connectivity index (χ4v) is 1.72. The first-order chi connectivity index (χ1) is 10.1. The Kier molecular flexibility index (Phi) is 5.11. The maximum absolute atomic E-state index is 11.9. The Morgan fingerprint density at radius 2 is 1.95 bits per heavy atom. The van der Waals surface area contributed by atoms with Crippen LogP contribution in [0.5, 0.6) is 0 Å². The quantitative estimate of drug-likeness (QED) is 0.888. The molecule has 6 heteroatoms. The second-order valence-electron chi connectivity index (χ2n) is 4.70. The van der Waals surface area contributed by atoms with Gasteiger partial charge in [-0.05, 0) is 37.6 Å². The molecule has 5 nitrogen and oxygen atoms in total. The van der Waals surface area contributed by atoms with Gasteiger partial charge in [0.2, 0.25) is 0 Å². The second-order valence-corrected chi connectivity index (χ2v) is 5.14. The van der Waals surface area contributed by atoms with E-state index in [1.165, 1.54) is 12.4 Å². The van der Waals surface area contributed by atoms with Gasteiger partial charge in [0, 0.05) is 16.8 Å². The Hall–Kier alpha value is -2.14. The van der Waals surface area contributed by atoms with Crippen molar-refractivity contribution >= 4 is 29.0 Å². The number of anilines is 2. The summed E-state index contributed by atoms with van der Waals surface area (Å²) in [6, 6.07) is 7.36. The number of hydrogen-bond acceptors (Lipinski definition) is 4. The molecule has 2 aromatic rings. The van der Waals surface area contributed by atoms with Crippen LogP contribution in [0, 0.1) is 0 Å². The van der Waals surface area contributed by atoms with Crippen molar-refractivity contribution in [2.75, 3.05) is 5.32 Å². The monoisotopic (exact) mass is 304 g/mol. The highest BCUT2D eigenvalue weighted by molar-refractivity contribution is 6.30. The number of hydrogen-bond donors (Lipinski definition) is 2. The average molecular weight is 305 g/mol. The van der Waals surface area contributed by atoms with Crippen LogP contribution in [-0.2, 0) is 0 Å². The standard InChI is InChI=1S/C15H17ClN4O/c1-3-10(2)19-15(21)13-8-18-14(9-17-13)20-12-6-4-11(16)5-7-12/h4-10H,3H2,1-2H3,(H,18,20)(H,19,21). The number of aromatic nitrogens is 2. The number of benzene rings is 1. The zero-order valence-corrected chi connectivity index (χ0v) is 12.7. The summed E-state index contributed by atoms with van der Waals surface area (Å²) >= 11 is 5.82. The summed E-state index contributed by atoms with van der Waals surface area (Å²) < 4.78 is 0. The van der Waals surface area contributed by atoms with Crippen LogP contribution in [0.1, 0.15) is 30.8 Å². The molecule has 1 aromatic heterocycles. The van der Waals surface area contributed by atoms with Crippen molar-refractivity contribution in [3.63, 3.8) is 0 Å². The Balaban J connectivity index is 2.01. The third-order valence-corrected chi connectivity index (χ3v) is 3.24. The van der Waals surface area contributed by atoms with E-state index in [2.05, 4.69) is 20.6 Å². The highest BCUT2D eigenvalue weighted by atomic mass is 35.5. The van der Waals surface area contributed by atoms with E-state index in [4.69, 9.17) is 11.6 Å². The van der Waals surface area contributed by atoms with Crippen molar-refractivity contribution in [3.05, 3.63) is 47.4 Å². The first-order valence-electron chi connectivity index (χ1n) is 6.74. The van der Waals surface area contributed by atoms with Crippen LogP contribution >= 0.6 is 11.6 Å². The zero-order chi connectivity index (χ0) is 15.2. The summed E-state index contributed by atoms with van der Waals surface area (Å²) in [4.78, 5) is 20.2. The topological polar surface area (TPSA) is 66.9 Å². The van der Waals surface area contributed by atoms with Gasteiger partial charge >= 0.3 is 0 Å². The van der Waals surface area contributed by atoms with E-state index in [0.717, 1.165) is 12.1 Å². The number of rotatable bonds is 5. The summed E-state index contributed by atoms with van der Waals surface area (Å²) in [5, 5.41) is 6.60. The lowest BCUT2D eigenvalue weighted by molar-refractivity contribution is 0.0934. The number of amides is 1. The normalized spacial score (nSPS) is 11.8. The van der Waals surface area contributed by atoms with Gasteiger partial charge in [0.25, 0.3) is 5.91 Å². The molecular formula is C15H17ClN4O. The molecule has 0 saturated carbocycles. The molecule has 21 heavy (non-hydrogen) atoms. The molecule has 0 radical (unpaired) electrons. The molecule has 1 aromatic carbocycles. The van der Waals surface area contributed by atoms with Gasteiger partial charge in [-0.2, -0.15) is 0 Å². The fourth-order valence-electron chi connectivity index (χ4n) is 1.59. The van der Waals surface area contributed by atoms with Crippen LogP contribution in [0.4, 0.5) is 11.5 Å². The molecule has 0 bridgehead atoms. The third kappa shape index (κ3) is 4.43. The number of nitrogens with zero attached hydrogens (tertiary/aromatic N) is 2. The summed E-state index contributed by atoms with van der Waals surface area (Å²) in [7, 11) is 0. The smallest absolute Gasteiger partial charge is 0.271 e. The van der Waals surface area contributed by atoms with Crippen LogP contribution < -0.4 is 10.6 Å². The van der Waals surface area contributed by atoms with Gasteiger partial charge < -0.3 is 10.6 Å². The largest absolute Gasteiger partial charge is 0.348 e. The minimum absolute atomic E-state index is 0.117. The van der Waals surface area contributed by atoms with E-state index < -0.39 is 0 Å². The van der Waals surface area contributed by atoms with Gasteiger partial charge in [0.1, 0.15) is 11.5 Å². The first kappa shape index (κ1) is 15.3. The molecule has 0 aliphatic rings. The number of carbonyl (C=O) groups is 1. The molecule has 1 atom stereocenters. The molecule has 0 saturated heterocycles. The lowest BCUT2D eigenvalue weighted by atomic mass is 10.2. The van der Waals surface area contributed by atoms with Gasteiger partial charge in [-0.1, -0.05) is 18.5 Å². The average Bonchev–Trinajstić information content (AvgIpc) is 2.50. The molecule has 0 aliphatic heterocycles. The molecular weight excluding hydrogens is 288 g/mol. The molecule has 2 N–H and O–H groups in total. The second kappa shape index (κ2) is 7.04. The summed E-state index contributed by atoms with van der Waals surface area (Å²) in [5.41, 5.74) is 1.16. The van der Waals surface area contributed by atoms with Crippen molar-refractivity contribution in [2.45, 2.75) is 26.3 Å². The summed E-state index contributed by atoms with van der Waals surface area (Å²) in [6.07, 6.45) is 3.85. The fraction of sp³-hybridized carbons (Fsp3) is 0.267. The van der Waals surface area contributed by atoms with Crippen LogP contribution in [0.25, 0.3) is 0 Å². The Labute approximate surface area is 128 Å². The lowest BCUT2D eigenvalue weighted by Crippen LogP contribution is -2.32. The molecule has 1 unspecified atom stereocenters. The predicted molar refractivity (Wildman–Crippen MR) is 84.0 cm³/mol. The van der Waals surface area contributed by atoms with Crippen LogP contribution in [0.2, 0.25) is 5.02 Å². The predicted octanol–water partition coefficient (Wildman–Crippen LogP) is 3.40. The minimum Gasteiger partial charge on any atom is -0.348 e. The van der Waals surface area contributed by atoms with E-state index in [1.807, 2.05) is 26.0 Å². The molecule has 0 spiro atoms. The molecule has 1 amide bonds. The Morgan fingerprint density at radius 3 is 2.52 bits per heavy atom. The van der Waals surface area contributed by atoms with E-state index in [1.54, 1.807) is 12.1 Å². The SMILES string of the molecule is CCC(C)NC(=O)c1cnc(Nc2ccc(Cl)cc2)cn1. The van der Waals surface area contributed by atoms with Gasteiger partial charge in [0.05, 0.1) is 12.4 Å². The molecule has 0 fully saturated rings. The van der Waals surface area contributed by atoms with Gasteiger partial charge in [-0.25, -0.2) is 9.97 Å². The molecule has 2 rings (SSSR count). The van der Waals surface area contributed by atoms with Crippen LogP contribution in [0.15, 0.2) is 36.7 Å². The Morgan fingerprint density at radius 1 is 1.24 bits per heavy atom. The van der Waals surface area contributed by atoms with Gasteiger partial charge in [-0.3, -0.25) is 4.79 Å². The molecule has 1 heterocycles.